The minimum Gasteiger partial charge on any atom is -0.419 e. The molecule has 0 atom stereocenters. The van der Waals surface area contributed by atoms with Gasteiger partial charge in [0, 0.05) is 12.6 Å². The van der Waals surface area contributed by atoms with E-state index in [9.17, 15) is 4.79 Å². The standard InChI is InChI=1S/C18H15Cl2N3O2/c1-11-6-8-12(9-7-11)17-22-21-15(25-17)10-23(2)18(24)16-13(19)4-3-5-14(16)20/h3-9H,10H2,1-2H3. The summed E-state index contributed by atoms with van der Waals surface area (Å²) in [6.45, 7) is 2.16. The number of nitrogens with zero attached hydrogens (tertiary/aromatic N) is 3. The third-order valence-corrected chi connectivity index (χ3v) is 4.29. The normalized spacial score (nSPS) is 10.7. The van der Waals surface area contributed by atoms with Crippen LogP contribution in [0.25, 0.3) is 11.5 Å². The average Bonchev–Trinajstić information content (AvgIpc) is 3.03. The Labute approximate surface area is 155 Å². The Morgan fingerprint density at radius 2 is 1.72 bits per heavy atom. The maximum Gasteiger partial charge on any atom is 0.257 e. The Hall–Kier alpha value is -2.37. The number of amides is 1. The molecule has 0 saturated carbocycles. The van der Waals surface area contributed by atoms with Crippen molar-refractivity contribution < 1.29 is 9.21 Å². The first kappa shape index (κ1) is 17.5. The summed E-state index contributed by atoms with van der Waals surface area (Å²) in [4.78, 5) is 14.0. The average molecular weight is 376 g/mol. The lowest BCUT2D eigenvalue weighted by atomic mass is 10.1. The first-order valence-corrected chi connectivity index (χ1v) is 8.30. The highest BCUT2D eigenvalue weighted by Gasteiger charge is 2.20. The molecule has 128 valence electrons. The molecule has 0 aliphatic heterocycles. The summed E-state index contributed by atoms with van der Waals surface area (Å²) in [6, 6.07) is 12.7. The largest absolute Gasteiger partial charge is 0.419 e. The monoisotopic (exact) mass is 375 g/mol. The first-order chi connectivity index (χ1) is 12.0. The SMILES string of the molecule is Cc1ccc(-c2nnc(CN(C)C(=O)c3c(Cl)cccc3Cl)o2)cc1. The minimum absolute atomic E-state index is 0.152. The predicted octanol–water partition coefficient (Wildman–Crippen LogP) is 4.62. The van der Waals surface area contributed by atoms with Gasteiger partial charge in [-0.15, -0.1) is 10.2 Å². The number of carbonyl (C=O) groups is 1. The smallest absolute Gasteiger partial charge is 0.257 e. The van der Waals surface area contributed by atoms with E-state index in [0.717, 1.165) is 11.1 Å². The third kappa shape index (κ3) is 3.83. The van der Waals surface area contributed by atoms with Gasteiger partial charge in [0.05, 0.1) is 22.2 Å². The second-order valence-corrected chi connectivity index (χ2v) is 6.44. The maximum absolute atomic E-state index is 12.6. The molecule has 5 nitrogen and oxygen atoms in total. The van der Waals surface area contributed by atoms with Gasteiger partial charge in [-0.1, -0.05) is 47.0 Å². The maximum atomic E-state index is 12.6. The molecule has 2 aromatic carbocycles. The highest BCUT2D eigenvalue weighted by atomic mass is 35.5. The van der Waals surface area contributed by atoms with Crippen LogP contribution < -0.4 is 0 Å². The molecular weight excluding hydrogens is 361 g/mol. The van der Waals surface area contributed by atoms with E-state index in [4.69, 9.17) is 27.6 Å². The summed E-state index contributed by atoms with van der Waals surface area (Å²) in [7, 11) is 1.62. The fourth-order valence-electron chi connectivity index (χ4n) is 2.30. The number of rotatable bonds is 4. The van der Waals surface area contributed by atoms with Crippen LogP contribution in [0.1, 0.15) is 21.8 Å². The van der Waals surface area contributed by atoms with Gasteiger partial charge in [0.1, 0.15) is 0 Å². The number of aromatic nitrogens is 2. The lowest BCUT2D eigenvalue weighted by Gasteiger charge is -2.16. The van der Waals surface area contributed by atoms with Crippen molar-refractivity contribution in [3.8, 4) is 11.5 Å². The van der Waals surface area contributed by atoms with E-state index in [1.54, 1.807) is 25.2 Å². The molecule has 1 aromatic heterocycles. The molecule has 1 amide bonds. The van der Waals surface area contributed by atoms with E-state index in [2.05, 4.69) is 10.2 Å². The molecule has 0 N–H and O–H groups in total. The van der Waals surface area contributed by atoms with E-state index in [1.807, 2.05) is 31.2 Å². The van der Waals surface area contributed by atoms with Crippen molar-refractivity contribution in [3.63, 3.8) is 0 Å². The molecule has 7 heteroatoms. The lowest BCUT2D eigenvalue weighted by Crippen LogP contribution is -2.27. The van der Waals surface area contributed by atoms with Gasteiger partial charge in [0.15, 0.2) is 0 Å². The Morgan fingerprint density at radius 3 is 2.36 bits per heavy atom. The molecule has 0 unspecified atom stereocenters. The summed E-state index contributed by atoms with van der Waals surface area (Å²) in [5.41, 5.74) is 2.23. The van der Waals surface area contributed by atoms with Crippen LogP contribution in [-0.2, 0) is 6.54 Å². The molecule has 0 fully saturated rings. The second kappa shape index (κ2) is 7.25. The predicted molar refractivity (Wildman–Crippen MR) is 96.7 cm³/mol. The van der Waals surface area contributed by atoms with E-state index in [1.165, 1.54) is 4.90 Å². The number of aryl methyl sites for hydroxylation is 1. The number of hydrogen-bond donors (Lipinski definition) is 0. The molecule has 25 heavy (non-hydrogen) atoms. The Kier molecular flexibility index (Phi) is 5.06. The van der Waals surface area contributed by atoms with Gasteiger partial charge in [-0.2, -0.15) is 0 Å². The van der Waals surface area contributed by atoms with Crippen molar-refractivity contribution in [1.82, 2.24) is 15.1 Å². The number of halogens is 2. The summed E-state index contributed by atoms with van der Waals surface area (Å²) >= 11 is 12.2. The van der Waals surface area contributed by atoms with Crippen molar-refractivity contribution >= 4 is 29.1 Å². The number of hydrogen-bond acceptors (Lipinski definition) is 4. The molecule has 3 rings (SSSR count). The molecule has 0 aliphatic carbocycles. The van der Waals surface area contributed by atoms with Gasteiger partial charge in [-0.25, -0.2) is 0 Å². The Bertz CT molecular complexity index is 887. The highest BCUT2D eigenvalue weighted by molar-refractivity contribution is 6.39. The van der Waals surface area contributed by atoms with E-state index >= 15 is 0 Å². The molecule has 1 heterocycles. The van der Waals surface area contributed by atoms with Gasteiger partial charge < -0.3 is 9.32 Å². The van der Waals surface area contributed by atoms with Gasteiger partial charge in [0.25, 0.3) is 5.91 Å². The van der Waals surface area contributed by atoms with Crippen LogP contribution in [0.5, 0.6) is 0 Å². The zero-order valence-electron chi connectivity index (χ0n) is 13.7. The van der Waals surface area contributed by atoms with Crippen LogP contribution in [0.15, 0.2) is 46.9 Å². The molecule has 0 saturated heterocycles. The van der Waals surface area contributed by atoms with E-state index in [-0.39, 0.29) is 18.0 Å². The summed E-state index contributed by atoms with van der Waals surface area (Å²) in [5.74, 6) is 0.423. The second-order valence-electron chi connectivity index (χ2n) is 5.62. The molecule has 0 radical (unpaired) electrons. The summed E-state index contributed by atoms with van der Waals surface area (Å²) in [5, 5.41) is 8.63. The molecular formula is C18H15Cl2N3O2. The zero-order chi connectivity index (χ0) is 18.0. The Balaban J connectivity index is 1.76. The van der Waals surface area contributed by atoms with Crippen LogP contribution in [0, 0.1) is 6.92 Å². The van der Waals surface area contributed by atoms with Gasteiger partial charge in [-0.3, -0.25) is 4.79 Å². The minimum atomic E-state index is -0.314. The van der Waals surface area contributed by atoms with Crippen LogP contribution in [0.2, 0.25) is 10.0 Å². The number of carbonyl (C=O) groups excluding carboxylic acids is 1. The summed E-state index contributed by atoms with van der Waals surface area (Å²) in [6.07, 6.45) is 0. The topological polar surface area (TPSA) is 59.2 Å². The van der Waals surface area contributed by atoms with Crippen molar-refractivity contribution in [1.29, 1.82) is 0 Å². The van der Waals surface area contributed by atoms with E-state index in [0.29, 0.717) is 21.8 Å². The van der Waals surface area contributed by atoms with Crippen LogP contribution in [-0.4, -0.2) is 28.1 Å². The zero-order valence-corrected chi connectivity index (χ0v) is 15.2. The van der Waals surface area contributed by atoms with Crippen LogP contribution >= 0.6 is 23.2 Å². The van der Waals surface area contributed by atoms with Crippen LogP contribution in [0.4, 0.5) is 0 Å². The van der Waals surface area contributed by atoms with Crippen LogP contribution in [0.3, 0.4) is 0 Å². The lowest BCUT2D eigenvalue weighted by molar-refractivity contribution is 0.0773. The quantitative estimate of drug-likeness (QED) is 0.667. The highest BCUT2D eigenvalue weighted by Crippen LogP contribution is 2.26. The Morgan fingerprint density at radius 1 is 1.08 bits per heavy atom. The van der Waals surface area contributed by atoms with E-state index < -0.39 is 0 Å². The fraction of sp³-hybridized carbons (Fsp3) is 0.167. The van der Waals surface area contributed by atoms with Crippen molar-refractivity contribution in [2.24, 2.45) is 0 Å². The fourth-order valence-corrected chi connectivity index (χ4v) is 2.86. The molecule has 0 spiro atoms. The third-order valence-electron chi connectivity index (χ3n) is 3.66. The van der Waals surface area contributed by atoms with Gasteiger partial charge in [-0.05, 0) is 31.2 Å². The molecule has 0 bridgehead atoms. The van der Waals surface area contributed by atoms with Crippen molar-refractivity contribution in [2.45, 2.75) is 13.5 Å². The van der Waals surface area contributed by atoms with Crippen molar-refractivity contribution in [2.75, 3.05) is 7.05 Å². The first-order valence-electron chi connectivity index (χ1n) is 7.54. The number of benzene rings is 2. The van der Waals surface area contributed by atoms with Gasteiger partial charge in [0.2, 0.25) is 11.8 Å². The molecule has 3 aromatic rings. The molecule has 0 aliphatic rings. The van der Waals surface area contributed by atoms with Gasteiger partial charge >= 0.3 is 0 Å². The summed E-state index contributed by atoms with van der Waals surface area (Å²) < 4.78 is 5.64. The van der Waals surface area contributed by atoms with Crippen molar-refractivity contribution in [3.05, 3.63) is 69.5 Å².